The zero-order chi connectivity index (χ0) is 13.3. The van der Waals surface area contributed by atoms with Crippen molar-refractivity contribution in [3.05, 3.63) is 15.9 Å². The summed E-state index contributed by atoms with van der Waals surface area (Å²) < 4.78 is 1.71. The van der Waals surface area contributed by atoms with Gasteiger partial charge in [0.1, 0.15) is 0 Å². The van der Waals surface area contributed by atoms with Gasteiger partial charge in [0, 0.05) is 26.1 Å². The average molecular weight is 253 g/mol. The molecule has 0 amide bonds. The molecular weight excluding hydrogens is 234 g/mol. The Labute approximate surface area is 106 Å². The quantitative estimate of drug-likeness (QED) is 0.625. The molecule has 0 spiro atoms. The summed E-state index contributed by atoms with van der Waals surface area (Å²) in [6.45, 7) is 1.75. The number of nitro groups is 1. The Morgan fingerprint density at radius 3 is 2.78 bits per heavy atom. The van der Waals surface area contributed by atoms with Crippen LogP contribution in [0, 0.1) is 17.0 Å². The number of nitrogens with two attached hydrogens (primary N) is 1. The van der Waals surface area contributed by atoms with Gasteiger partial charge in [-0.05, 0) is 22.7 Å². The van der Waals surface area contributed by atoms with Crippen molar-refractivity contribution >= 4 is 11.6 Å². The molecule has 100 valence electrons. The summed E-state index contributed by atoms with van der Waals surface area (Å²) >= 11 is 0. The molecule has 0 saturated heterocycles. The number of aromatic nitrogens is 2. The summed E-state index contributed by atoms with van der Waals surface area (Å²) in [5.74, 6) is 0.959. The molecule has 18 heavy (non-hydrogen) atoms. The van der Waals surface area contributed by atoms with Crippen LogP contribution in [0.1, 0.15) is 31.5 Å². The third-order valence-corrected chi connectivity index (χ3v) is 3.61. The third kappa shape index (κ3) is 2.31. The highest BCUT2D eigenvalue weighted by atomic mass is 16.6. The number of hydrogen-bond donors (Lipinski definition) is 2. The third-order valence-electron chi connectivity index (χ3n) is 3.61. The predicted octanol–water partition coefficient (Wildman–Crippen LogP) is 1.32. The zero-order valence-corrected chi connectivity index (χ0v) is 10.7. The van der Waals surface area contributed by atoms with Crippen molar-refractivity contribution in [3.8, 4) is 0 Å². The first-order valence-electron chi connectivity index (χ1n) is 6.20. The molecule has 2 rings (SSSR count). The van der Waals surface area contributed by atoms with E-state index in [1.807, 2.05) is 0 Å². The summed E-state index contributed by atoms with van der Waals surface area (Å²) in [5, 5.41) is 14.2. The average Bonchev–Trinajstić information content (AvgIpc) is 2.60. The Bertz CT molecular complexity index is 457. The fourth-order valence-electron chi connectivity index (χ4n) is 2.40. The van der Waals surface area contributed by atoms with Crippen molar-refractivity contribution < 1.29 is 4.92 Å². The smallest absolute Gasteiger partial charge is 0.360 e. The lowest BCUT2D eigenvalue weighted by Crippen LogP contribution is -2.43. The van der Waals surface area contributed by atoms with Crippen LogP contribution in [-0.4, -0.2) is 26.6 Å². The first-order chi connectivity index (χ1) is 8.50. The van der Waals surface area contributed by atoms with Gasteiger partial charge in [0.25, 0.3) is 0 Å². The molecule has 7 heteroatoms. The number of nitrogens with one attached hydrogen (secondary N) is 1. The normalized spacial score (nSPS) is 23.9. The maximum atomic E-state index is 11.0. The van der Waals surface area contributed by atoms with E-state index in [0.29, 0.717) is 11.6 Å². The molecule has 1 heterocycles. The maximum absolute atomic E-state index is 11.0. The highest BCUT2D eigenvalue weighted by Gasteiger charge is 2.29. The molecule has 1 fully saturated rings. The number of rotatable bonds is 3. The molecule has 0 unspecified atom stereocenters. The Morgan fingerprint density at radius 1 is 1.50 bits per heavy atom. The zero-order valence-electron chi connectivity index (χ0n) is 10.7. The number of aryl methyl sites for hydroxylation is 1. The maximum Gasteiger partial charge on any atom is 0.406 e. The van der Waals surface area contributed by atoms with Gasteiger partial charge in [-0.25, -0.2) is 0 Å². The van der Waals surface area contributed by atoms with Crippen molar-refractivity contribution in [2.24, 2.45) is 12.8 Å². The van der Waals surface area contributed by atoms with E-state index in [1.54, 1.807) is 18.5 Å². The standard InChI is InChI=1S/C11H19N5O2/c1-7-13-11(16(17)18)10(15(7)2)14-9-6-4-3-5-8(9)12/h8-9,14H,3-6,12H2,1-2H3/t8-,9-/m1/s1. The number of imidazole rings is 1. The molecule has 1 aromatic rings. The molecule has 1 aliphatic carbocycles. The summed E-state index contributed by atoms with van der Waals surface area (Å²) in [6.07, 6.45) is 4.15. The van der Waals surface area contributed by atoms with Gasteiger partial charge in [-0.3, -0.25) is 4.57 Å². The SMILES string of the molecule is Cc1nc([N+](=O)[O-])c(N[C@@H]2CCCC[C@H]2N)n1C. The number of hydrogen-bond acceptors (Lipinski definition) is 5. The van der Waals surface area contributed by atoms with Crippen LogP contribution in [0.2, 0.25) is 0 Å². The van der Waals surface area contributed by atoms with E-state index in [2.05, 4.69) is 10.3 Å². The molecule has 1 aliphatic rings. The van der Waals surface area contributed by atoms with E-state index in [0.717, 1.165) is 25.7 Å². The monoisotopic (exact) mass is 253 g/mol. The largest absolute Gasteiger partial charge is 0.406 e. The van der Waals surface area contributed by atoms with Crippen molar-refractivity contribution in [3.63, 3.8) is 0 Å². The van der Waals surface area contributed by atoms with E-state index in [4.69, 9.17) is 5.73 Å². The van der Waals surface area contributed by atoms with Crippen LogP contribution in [0.25, 0.3) is 0 Å². The van der Waals surface area contributed by atoms with Gasteiger partial charge in [0.2, 0.25) is 11.6 Å². The first-order valence-corrected chi connectivity index (χ1v) is 6.20. The van der Waals surface area contributed by atoms with Crippen molar-refractivity contribution in [2.75, 3.05) is 5.32 Å². The van der Waals surface area contributed by atoms with E-state index < -0.39 is 4.92 Å². The van der Waals surface area contributed by atoms with E-state index in [9.17, 15) is 10.1 Å². The molecule has 2 atom stereocenters. The summed E-state index contributed by atoms with van der Waals surface area (Å²) in [5.41, 5.74) is 6.05. The van der Waals surface area contributed by atoms with Gasteiger partial charge in [-0.2, -0.15) is 0 Å². The van der Waals surface area contributed by atoms with Crippen molar-refractivity contribution in [2.45, 2.75) is 44.7 Å². The van der Waals surface area contributed by atoms with Crippen LogP contribution in [0.3, 0.4) is 0 Å². The number of nitrogens with zero attached hydrogens (tertiary/aromatic N) is 3. The molecule has 0 radical (unpaired) electrons. The Morgan fingerprint density at radius 2 is 2.17 bits per heavy atom. The lowest BCUT2D eigenvalue weighted by atomic mass is 9.91. The molecule has 7 nitrogen and oxygen atoms in total. The molecule has 0 aromatic carbocycles. The lowest BCUT2D eigenvalue weighted by molar-refractivity contribution is -0.388. The molecular formula is C11H19N5O2. The van der Waals surface area contributed by atoms with Gasteiger partial charge in [-0.1, -0.05) is 12.8 Å². The predicted molar refractivity (Wildman–Crippen MR) is 68.5 cm³/mol. The Hall–Kier alpha value is -1.63. The van der Waals surface area contributed by atoms with E-state index >= 15 is 0 Å². The summed E-state index contributed by atoms with van der Waals surface area (Å²) in [6, 6.07) is 0.140. The lowest BCUT2D eigenvalue weighted by Gasteiger charge is -2.29. The minimum absolute atomic E-state index is 0.0496. The topological polar surface area (TPSA) is 99.0 Å². The van der Waals surface area contributed by atoms with Gasteiger partial charge in [0.15, 0.2) is 0 Å². The Kier molecular flexibility index (Phi) is 3.51. The van der Waals surface area contributed by atoms with Crippen molar-refractivity contribution in [1.82, 2.24) is 9.55 Å². The highest BCUT2D eigenvalue weighted by Crippen LogP contribution is 2.27. The molecule has 3 N–H and O–H groups in total. The van der Waals surface area contributed by atoms with Gasteiger partial charge in [0.05, 0.1) is 0 Å². The van der Waals surface area contributed by atoms with Gasteiger partial charge in [-0.15, -0.1) is 0 Å². The summed E-state index contributed by atoms with van der Waals surface area (Å²) in [7, 11) is 1.77. The van der Waals surface area contributed by atoms with E-state index in [1.165, 1.54) is 0 Å². The fourth-order valence-corrected chi connectivity index (χ4v) is 2.40. The minimum atomic E-state index is -0.455. The first kappa shape index (κ1) is 12.8. The van der Waals surface area contributed by atoms with E-state index in [-0.39, 0.29) is 17.9 Å². The van der Waals surface area contributed by atoms with Crippen molar-refractivity contribution in [1.29, 1.82) is 0 Å². The van der Waals surface area contributed by atoms with Crippen LogP contribution in [0.15, 0.2) is 0 Å². The second kappa shape index (κ2) is 4.93. The van der Waals surface area contributed by atoms with Crippen LogP contribution >= 0.6 is 0 Å². The van der Waals surface area contributed by atoms with Crippen LogP contribution in [0.4, 0.5) is 11.6 Å². The Balaban J connectivity index is 2.24. The highest BCUT2D eigenvalue weighted by molar-refractivity contribution is 5.54. The van der Waals surface area contributed by atoms with Gasteiger partial charge >= 0.3 is 5.82 Å². The minimum Gasteiger partial charge on any atom is -0.360 e. The van der Waals surface area contributed by atoms with Crippen LogP contribution in [0.5, 0.6) is 0 Å². The second-order valence-corrected chi connectivity index (χ2v) is 4.85. The van der Waals surface area contributed by atoms with Crippen LogP contribution in [-0.2, 0) is 7.05 Å². The molecule has 1 aromatic heterocycles. The number of anilines is 1. The fraction of sp³-hybridized carbons (Fsp3) is 0.727. The molecule has 0 aliphatic heterocycles. The molecule has 0 bridgehead atoms. The second-order valence-electron chi connectivity index (χ2n) is 4.85. The van der Waals surface area contributed by atoms with Crippen LogP contribution < -0.4 is 11.1 Å². The molecule has 1 saturated carbocycles. The van der Waals surface area contributed by atoms with Gasteiger partial charge < -0.3 is 21.2 Å². The summed E-state index contributed by atoms with van der Waals surface area (Å²) in [4.78, 5) is 14.5.